The molecule has 3 nitrogen and oxygen atoms in total. The number of rotatable bonds is 4. The van der Waals surface area contributed by atoms with Gasteiger partial charge < -0.3 is 5.32 Å². The van der Waals surface area contributed by atoms with Gasteiger partial charge in [0, 0.05) is 36.6 Å². The number of hydrogen-bond donors (Lipinski definition) is 1. The van der Waals surface area contributed by atoms with Gasteiger partial charge >= 0.3 is 0 Å². The summed E-state index contributed by atoms with van der Waals surface area (Å²) in [6, 6.07) is 4.34. The molecule has 0 fully saturated rings. The van der Waals surface area contributed by atoms with Crippen LogP contribution in [0.25, 0.3) is 0 Å². The molecule has 2 rings (SSSR count). The maximum Gasteiger partial charge on any atom is 0.106 e. The van der Waals surface area contributed by atoms with E-state index in [0.29, 0.717) is 6.04 Å². The summed E-state index contributed by atoms with van der Waals surface area (Å²) in [5, 5.41) is 6.52. The molecular formula is C11H13N3S. The van der Waals surface area contributed by atoms with Gasteiger partial charge in [0.25, 0.3) is 0 Å². The van der Waals surface area contributed by atoms with Crippen molar-refractivity contribution in [3.8, 4) is 0 Å². The molecule has 2 aromatic heterocycles. The molecule has 0 aliphatic rings. The largest absolute Gasteiger partial charge is 0.304 e. The quantitative estimate of drug-likeness (QED) is 0.858. The van der Waals surface area contributed by atoms with Gasteiger partial charge in [0.05, 0.1) is 0 Å². The van der Waals surface area contributed by atoms with Gasteiger partial charge in [-0.25, -0.2) is 4.98 Å². The molecule has 0 saturated carbocycles. The van der Waals surface area contributed by atoms with Gasteiger partial charge in [0.15, 0.2) is 0 Å². The van der Waals surface area contributed by atoms with Crippen molar-refractivity contribution in [1.29, 1.82) is 0 Å². The van der Waals surface area contributed by atoms with Crippen molar-refractivity contribution in [3.63, 3.8) is 0 Å². The molecule has 0 aromatic carbocycles. The third-order valence-electron chi connectivity index (χ3n) is 2.23. The molecule has 0 spiro atoms. The van der Waals surface area contributed by atoms with Crippen LogP contribution in [0.4, 0.5) is 0 Å². The fourth-order valence-electron chi connectivity index (χ4n) is 1.33. The van der Waals surface area contributed by atoms with Crippen LogP contribution >= 0.6 is 11.3 Å². The van der Waals surface area contributed by atoms with Crippen LogP contribution in [0.5, 0.6) is 0 Å². The highest BCUT2D eigenvalue weighted by Crippen LogP contribution is 2.11. The van der Waals surface area contributed by atoms with Crippen molar-refractivity contribution in [3.05, 3.63) is 46.7 Å². The third kappa shape index (κ3) is 2.84. The molecule has 1 atom stereocenters. The fraction of sp³-hybridized carbons (Fsp3) is 0.273. The zero-order chi connectivity index (χ0) is 10.5. The van der Waals surface area contributed by atoms with Crippen LogP contribution in [-0.2, 0) is 6.54 Å². The number of nitrogens with one attached hydrogen (secondary N) is 1. The summed E-state index contributed by atoms with van der Waals surface area (Å²) in [7, 11) is 0. The van der Waals surface area contributed by atoms with E-state index >= 15 is 0 Å². The van der Waals surface area contributed by atoms with Crippen molar-refractivity contribution >= 4 is 11.3 Å². The van der Waals surface area contributed by atoms with Gasteiger partial charge in [0.1, 0.15) is 5.01 Å². The average Bonchev–Trinajstić information content (AvgIpc) is 2.80. The molecule has 0 aliphatic heterocycles. The van der Waals surface area contributed by atoms with E-state index in [1.54, 1.807) is 17.5 Å². The Kier molecular flexibility index (Phi) is 3.42. The number of hydrogen-bond acceptors (Lipinski definition) is 4. The third-order valence-corrected chi connectivity index (χ3v) is 3.01. The van der Waals surface area contributed by atoms with Gasteiger partial charge in [0.2, 0.25) is 0 Å². The number of nitrogens with zero attached hydrogens (tertiary/aromatic N) is 2. The summed E-state index contributed by atoms with van der Waals surface area (Å²) in [5.41, 5.74) is 1.20. The number of aromatic nitrogens is 2. The van der Waals surface area contributed by atoms with Gasteiger partial charge in [-0.2, -0.15) is 0 Å². The first-order chi connectivity index (χ1) is 7.36. The van der Waals surface area contributed by atoms with Gasteiger partial charge in [-0.3, -0.25) is 4.98 Å². The molecule has 0 amide bonds. The summed E-state index contributed by atoms with van der Waals surface area (Å²) in [5.74, 6) is 0. The van der Waals surface area contributed by atoms with Crippen LogP contribution in [0.15, 0.2) is 36.1 Å². The number of pyridine rings is 1. The summed E-state index contributed by atoms with van der Waals surface area (Å²) in [4.78, 5) is 8.32. The van der Waals surface area contributed by atoms with Crippen LogP contribution in [0.2, 0.25) is 0 Å². The molecule has 0 saturated heterocycles. The molecule has 2 heterocycles. The van der Waals surface area contributed by atoms with Crippen LogP contribution < -0.4 is 5.32 Å². The Morgan fingerprint density at radius 1 is 1.47 bits per heavy atom. The second-order valence-electron chi connectivity index (χ2n) is 3.31. The Labute approximate surface area is 93.2 Å². The van der Waals surface area contributed by atoms with Crippen molar-refractivity contribution in [2.24, 2.45) is 0 Å². The van der Waals surface area contributed by atoms with Crippen LogP contribution in [-0.4, -0.2) is 9.97 Å². The molecule has 0 bridgehead atoms. The molecule has 0 unspecified atom stereocenters. The predicted molar refractivity (Wildman–Crippen MR) is 61.6 cm³/mol. The Hall–Kier alpha value is -1.26. The van der Waals surface area contributed by atoms with Crippen LogP contribution in [0.3, 0.4) is 0 Å². The maximum atomic E-state index is 4.22. The van der Waals surface area contributed by atoms with E-state index in [-0.39, 0.29) is 0 Å². The first-order valence-corrected chi connectivity index (χ1v) is 5.76. The topological polar surface area (TPSA) is 37.8 Å². The molecule has 78 valence electrons. The van der Waals surface area contributed by atoms with Gasteiger partial charge in [-0.05, 0) is 18.6 Å². The van der Waals surface area contributed by atoms with E-state index in [1.807, 2.05) is 23.8 Å². The van der Waals surface area contributed by atoms with Crippen LogP contribution in [0, 0.1) is 0 Å². The second kappa shape index (κ2) is 5.00. The van der Waals surface area contributed by atoms with Crippen LogP contribution in [0.1, 0.15) is 23.5 Å². The SMILES string of the molecule is C[C@@H](NCc1nccs1)c1cccnc1. The highest BCUT2D eigenvalue weighted by atomic mass is 32.1. The second-order valence-corrected chi connectivity index (χ2v) is 4.29. The average molecular weight is 219 g/mol. The highest BCUT2D eigenvalue weighted by molar-refractivity contribution is 7.09. The smallest absolute Gasteiger partial charge is 0.106 e. The van der Waals surface area contributed by atoms with Crippen molar-refractivity contribution in [1.82, 2.24) is 15.3 Å². The number of thiazole rings is 1. The molecule has 0 aliphatic carbocycles. The molecule has 2 aromatic rings. The Morgan fingerprint density at radius 2 is 2.40 bits per heavy atom. The van der Waals surface area contributed by atoms with E-state index in [0.717, 1.165) is 11.6 Å². The molecular weight excluding hydrogens is 206 g/mol. The Balaban J connectivity index is 1.90. The lowest BCUT2D eigenvalue weighted by molar-refractivity contribution is 0.571. The first kappa shape index (κ1) is 10.3. The van der Waals surface area contributed by atoms with Gasteiger partial charge in [-0.1, -0.05) is 6.07 Å². The summed E-state index contributed by atoms with van der Waals surface area (Å²) in [6.45, 7) is 2.94. The lowest BCUT2D eigenvalue weighted by Gasteiger charge is -2.12. The zero-order valence-electron chi connectivity index (χ0n) is 8.55. The summed E-state index contributed by atoms with van der Waals surface area (Å²) in [6.07, 6.45) is 5.51. The monoisotopic (exact) mass is 219 g/mol. The molecule has 15 heavy (non-hydrogen) atoms. The summed E-state index contributed by atoms with van der Waals surface area (Å²) >= 11 is 1.67. The minimum atomic E-state index is 0.308. The highest BCUT2D eigenvalue weighted by Gasteiger charge is 2.04. The molecule has 0 radical (unpaired) electrons. The fourth-order valence-corrected chi connectivity index (χ4v) is 1.90. The predicted octanol–water partition coefficient (Wildman–Crippen LogP) is 2.39. The van der Waals surface area contributed by atoms with Crippen molar-refractivity contribution in [2.75, 3.05) is 0 Å². The van der Waals surface area contributed by atoms with E-state index in [1.165, 1.54) is 5.56 Å². The van der Waals surface area contributed by atoms with E-state index in [4.69, 9.17) is 0 Å². The van der Waals surface area contributed by atoms with Gasteiger partial charge in [-0.15, -0.1) is 11.3 Å². The maximum absolute atomic E-state index is 4.22. The molecule has 1 N–H and O–H groups in total. The van der Waals surface area contributed by atoms with E-state index in [2.05, 4.69) is 28.3 Å². The van der Waals surface area contributed by atoms with E-state index in [9.17, 15) is 0 Å². The van der Waals surface area contributed by atoms with Crippen molar-refractivity contribution < 1.29 is 0 Å². The van der Waals surface area contributed by atoms with Crippen molar-refractivity contribution in [2.45, 2.75) is 19.5 Å². The summed E-state index contributed by atoms with van der Waals surface area (Å²) < 4.78 is 0. The minimum Gasteiger partial charge on any atom is -0.304 e. The molecule has 4 heteroatoms. The normalized spacial score (nSPS) is 12.6. The zero-order valence-corrected chi connectivity index (χ0v) is 9.37. The van der Waals surface area contributed by atoms with E-state index < -0.39 is 0 Å². The minimum absolute atomic E-state index is 0.308. The Morgan fingerprint density at radius 3 is 3.07 bits per heavy atom. The lowest BCUT2D eigenvalue weighted by atomic mass is 10.1. The standard InChI is InChI=1S/C11H13N3S/c1-9(10-3-2-4-12-7-10)14-8-11-13-5-6-15-11/h2-7,9,14H,8H2,1H3/t9-/m1/s1. The Bertz CT molecular complexity index is 385. The first-order valence-electron chi connectivity index (χ1n) is 4.88. The lowest BCUT2D eigenvalue weighted by Crippen LogP contribution is -2.17.